The second-order valence-corrected chi connectivity index (χ2v) is 6.63. The average Bonchev–Trinajstić information content (AvgIpc) is 2.78. The molecule has 4 aromatic rings. The van der Waals surface area contributed by atoms with Crippen molar-refractivity contribution in [2.24, 2.45) is 0 Å². The first-order valence-corrected chi connectivity index (χ1v) is 9.24. The van der Waals surface area contributed by atoms with Gasteiger partial charge in [-0.2, -0.15) is 0 Å². The summed E-state index contributed by atoms with van der Waals surface area (Å²) in [6.07, 6.45) is 0. The Morgan fingerprint density at radius 2 is 1.21 bits per heavy atom. The van der Waals surface area contributed by atoms with E-state index in [9.17, 15) is 4.79 Å². The van der Waals surface area contributed by atoms with Gasteiger partial charge in [-0.05, 0) is 42.0 Å². The Bertz CT molecular complexity index is 1140. The molecule has 142 valence electrons. The van der Waals surface area contributed by atoms with Gasteiger partial charge in [0.2, 0.25) is 0 Å². The zero-order chi connectivity index (χ0) is 20.2. The topological polar surface area (TPSA) is 78.3 Å². The third kappa shape index (κ3) is 3.82. The van der Waals surface area contributed by atoms with Gasteiger partial charge in [-0.25, -0.2) is 0 Å². The summed E-state index contributed by atoms with van der Waals surface area (Å²) in [4.78, 5) is 12.5. The number of anilines is 2. The molecule has 0 spiro atoms. The Labute approximate surface area is 169 Å². The number of carbonyl (C=O) groups is 1. The van der Waals surface area contributed by atoms with Gasteiger partial charge in [0.05, 0.1) is 11.4 Å². The van der Waals surface area contributed by atoms with E-state index in [4.69, 9.17) is 16.2 Å². The number of ether oxygens (including phenoxy) is 1. The fourth-order valence-corrected chi connectivity index (χ4v) is 3.13. The van der Waals surface area contributed by atoms with E-state index in [0.717, 1.165) is 11.1 Å². The van der Waals surface area contributed by atoms with Crippen LogP contribution in [0.2, 0.25) is 0 Å². The van der Waals surface area contributed by atoms with E-state index in [0.29, 0.717) is 34.0 Å². The molecule has 0 unspecified atom stereocenters. The molecule has 29 heavy (non-hydrogen) atoms. The molecule has 0 saturated carbocycles. The summed E-state index contributed by atoms with van der Waals surface area (Å²) in [6.45, 7) is 0. The average molecular weight is 380 g/mol. The number of ketones is 1. The van der Waals surface area contributed by atoms with Crippen molar-refractivity contribution in [2.75, 3.05) is 11.5 Å². The summed E-state index contributed by atoms with van der Waals surface area (Å²) in [5.74, 6) is 1.02. The lowest BCUT2D eigenvalue weighted by Gasteiger charge is -2.14. The van der Waals surface area contributed by atoms with E-state index < -0.39 is 0 Å². The number of hydrogen-bond donors (Lipinski definition) is 2. The third-order valence-corrected chi connectivity index (χ3v) is 4.71. The molecular weight excluding hydrogens is 360 g/mol. The van der Waals surface area contributed by atoms with Crippen LogP contribution in [0.15, 0.2) is 97.1 Å². The Morgan fingerprint density at radius 1 is 0.621 bits per heavy atom. The lowest BCUT2D eigenvalue weighted by Crippen LogP contribution is -2.01. The van der Waals surface area contributed by atoms with Gasteiger partial charge >= 0.3 is 0 Å². The zero-order valence-electron chi connectivity index (χ0n) is 15.7. The highest BCUT2D eigenvalue weighted by Crippen LogP contribution is 2.38. The summed E-state index contributed by atoms with van der Waals surface area (Å²) < 4.78 is 5.90. The molecule has 0 aromatic heterocycles. The van der Waals surface area contributed by atoms with Crippen LogP contribution in [0.25, 0.3) is 11.1 Å². The van der Waals surface area contributed by atoms with Crippen molar-refractivity contribution in [2.45, 2.75) is 0 Å². The van der Waals surface area contributed by atoms with Crippen LogP contribution in [0.3, 0.4) is 0 Å². The summed E-state index contributed by atoms with van der Waals surface area (Å²) in [6, 6.07) is 29.6. The minimum absolute atomic E-state index is 0.0341. The van der Waals surface area contributed by atoms with Gasteiger partial charge in [-0.1, -0.05) is 60.7 Å². The number of rotatable bonds is 5. The van der Waals surface area contributed by atoms with Crippen LogP contribution < -0.4 is 16.2 Å². The molecule has 0 saturated heterocycles. The standard InChI is InChI=1S/C25H20N2O2/c26-23-21(17-7-3-1-4-8-17)15-16-22(24(23)27)29-20-13-11-19(12-14-20)25(28)18-9-5-2-6-10-18/h1-16H,26-27H2. The van der Waals surface area contributed by atoms with Crippen LogP contribution in [0.1, 0.15) is 15.9 Å². The van der Waals surface area contributed by atoms with Crippen molar-refractivity contribution >= 4 is 17.2 Å². The van der Waals surface area contributed by atoms with E-state index in [1.165, 1.54) is 0 Å². The summed E-state index contributed by atoms with van der Waals surface area (Å²) in [7, 11) is 0. The summed E-state index contributed by atoms with van der Waals surface area (Å²) in [5, 5.41) is 0. The molecule has 4 nitrogen and oxygen atoms in total. The van der Waals surface area contributed by atoms with Gasteiger partial charge in [0.15, 0.2) is 11.5 Å². The van der Waals surface area contributed by atoms with Gasteiger partial charge in [-0.3, -0.25) is 4.79 Å². The van der Waals surface area contributed by atoms with Crippen molar-refractivity contribution in [1.82, 2.24) is 0 Å². The molecule has 4 N–H and O–H groups in total. The Hall–Kier alpha value is -4.05. The Morgan fingerprint density at radius 3 is 1.86 bits per heavy atom. The molecule has 0 atom stereocenters. The highest BCUT2D eigenvalue weighted by molar-refractivity contribution is 6.09. The number of benzene rings is 4. The lowest BCUT2D eigenvalue weighted by molar-refractivity contribution is 0.103. The summed E-state index contributed by atoms with van der Waals surface area (Å²) in [5.41, 5.74) is 16.4. The normalized spacial score (nSPS) is 10.5. The predicted octanol–water partition coefficient (Wildman–Crippen LogP) is 5.54. The SMILES string of the molecule is Nc1c(Oc2ccc(C(=O)c3ccccc3)cc2)ccc(-c2ccccc2)c1N. The number of nitrogen functional groups attached to an aromatic ring is 2. The second kappa shape index (κ2) is 7.90. The van der Waals surface area contributed by atoms with Gasteiger partial charge in [0, 0.05) is 16.7 Å². The first kappa shape index (κ1) is 18.3. The molecule has 0 radical (unpaired) electrons. The first-order valence-electron chi connectivity index (χ1n) is 9.24. The number of carbonyl (C=O) groups excluding carboxylic acids is 1. The second-order valence-electron chi connectivity index (χ2n) is 6.63. The van der Waals surface area contributed by atoms with Crippen LogP contribution in [0, 0.1) is 0 Å². The van der Waals surface area contributed by atoms with Crippen molar-refractivity contribution in [3.05, 3.63) is 108 Å². The van der Waals surface area contributed by atoms with E-state index in [1.807, 2.05) is 54.6 Å². The highest BCUT2D eigenvalue weighted by atomic mass is 16.5. The molecular formula is C25H20N2O2. The Kier molecular flexibility index (Phi) is 4.99. The molecule has 0 aliphatic carbocycles. The predicted molar refractivity (Wildman–Crippen MR) is 117 cm³/mol. The molecule has 0 bridgehead atoms. The number of nitrogens with two attached hydrogens (primary N) is 2. The van der Waals surface area contributed by atoms with E-state index in [1.54, 1.807) is 42.5 Å². The minimum Gasteiger partial charge on any atom is -0.455 e. The van der Waals surface area contributed by atoms with Crippen LogP contribution in [-0.2, 0) is 0 Å². The fraction of sp³-hybridized carbons (Fsp3) is 0. The van der Waals surface area contributed by atoms with Crippen molar-refractivity contribution < 1.29 is 9.53 Å². The van der Waals surface area contributed by atoms with Gasteiger partial charge in [0.1, 0.15) is 5.75 Å². The third-order valence-electron chi connectivity index (χ3n) is 4.71. The van der Waals surface area contributed by atoms with Crippen LogP contribution >= 0.6 is 0 Å². The van der Waals surface area contributed by atoms with Crippen LogP contribution in [0.5, 0.6) is 11.5 Å². The van der Waals surface area contributed by atoms with Gasteiger partial charge in [-0.15, -0.1) is 0 Å². The maximum atomic E-state index is 12.5. The molecule has 4 heteroatoms. The smallest absolute Gasteiger partial charge is 0.193 e. The fourth-order valence-electron chi connectivity index (χ4n) is 3.13. The maximum absolute atomic E-state index is 12.5. The lowest BCUT2D eigenvalue weighted by atomic mass is 10.0. The van der Waals surface area contributed by atoms with Crippen LogP contribution in [-0.4, -0.2) is 5.78 Å². The van der Waals surface area contributed by atoms with Crippen LogP contribution in [0.4, 0.5) is 11.4 Å². The maximum Gasteiger partial charge on any atom is 0.193 e. The molecule has 0 aliphatic rings. The molecule has 0 heterocycles. The first-order chi connectivity index (χ1) is 14.1. The molecule has 0 aliphatic heterocycles. The van der Waals surface area contributed by atoms with Gasteiger partial charge < -0.3 is 16.2 Å². The van der Waals surface area contributed by atoms with Crippen molar-refractivity contribution in [3.63, 3.8) is 0 Å². The van der Waals surface area contributed by atoms with E-state index >= 15 is 0 Å². The van der Waals surface area contributed by atoms with Crippen molar-refractivity contribution in [1.29, 1.82) is 0 Å². The molecule has 0 amide bonds. The quantitative estimate of drug-likeness (QED) is 0.352. The monoisotopic (exact) mass is 380 g/mol. The molecule has 4 aromatic carbocycles. The largest absolute Gasteiger partial charge is 0.455 e. The highest BCUT2D eigenvalue weighted by Gasteiger charge is 2.12. The minimum atomic E-state index is -0.0341. The van der Waals surface area contributed by atoms with Gasteiger partial charge in [0.25, 0.3) is 0 Å². The Balaban J connectivity index is 1.55. The zero-order valence-corrected chi connectivity index (χ0v) is 15.7. The molecule has 0 fully saturated rings. The summed E-state index contributed by atoms with van der Waals surface area (Å²) >= 11 is 0. The van der Waals surface area contributed by atoms with Crippen molar-refractivity contribution in [3.8, 4) is 22.6 Å². The molecule has 4 rings (SSSR count). The number of hydrogen-bond acceptors (Lipinski definition) is 4. The van der Waals surface area contributed by atoms with E-state index in [2.05, 4.69) is 0 Å². The van der Waals surface area contributed by atoms with E-state index in [-0.39, 0.29) is 5.78 Å².